The molecule has 7 heteroatoms. The summed E-state index contributed by atoms with van der Waals surface area (Å²) in [7, 11) is 1.66. The van der Waals surface area contributed by atoms with Crippen LogP contribution in [-0.2, 0) is 11.2 Å². The lowest BCUT2D eigenvalue weighted by atomic mass is 9.95. The summed E-state index contributed by atoms with van der Waals surface area (Å²) < 4.78 is 5.24. The number of ether oxygens (including phenoxy) is 1. The Hall–Kier alpha value is -3.87. The van der Waals surface area contributed by atoms with Gasteiger partial charge in [-0.2, -0.15) is 0 Å². The van der Waals surface area contributed by atoms with Crippen LogP contribution in [0.5, 0.6) is 5.75 Å². The van der Waals surface area contributed by atoms with Gasteiger partial charge in [0.15, 0.2) is 0 Å². The van der Waals surface area contributed by atoms with Crippen molar-refractivity contribution in [2.75, 3.05) is 31.6 Å². The number of nitrogens with zero attached hydrogens (tertiary/aromatic N) is 3. The summed E-state index contributed by atoms with van der Waals surface area (Å²) in [5.74, 6) is 1.92. The number of rotatable bonds is 7. The molecule has 1 amide bonds. The molecular formula is C27H29N5O2. The first-order chi connectivity index (χ1) is 16.7. The minimum atomic E-state index is 0.0436. The number of hydrogen-bond donors (Lipinski definition) is 2. The van der Waals surface area contributed by atoms with E-state index in [1.165, 1.54) is 10.9 Å². The van der Waals surface area contributed by atoms with Crippen molar-refractivity contribution in [3.63, 3.8) is 0 Å². The molecule has 2 aromatic carbocycles. The van der Waals surface area contributed by atoms with E-state index in [0.29, 0.717) is 6.54 Å². The Kier molecular flexibility index (Phi) is 6.42. The number of piperidine rings is 1. The first-order valence-electron chi connectivity index (χ1n) is 11.8. The summed E-state index contributed by atoms with van der Waals surface area (Å²) in [5.41, 5.74) is 4.27. The van der Waals surface area contributed by atoms with Gasteiger partial charge in [-0.15, -0.1) is 0 Å². The first-order valence-corrected chi connectivity index (χ1v) is 11.8. The Balaban J connectivity index is 1.13. The number of amides is 1. The number of benzene rings is 2. The van der Waals surface area contributed by atoms with Crippen molar-refractivity contribution >= 4 is 22.6 Å². The zero-order valence-corrected chi connectivity index (χ0v) is 19.3. The SMILES string of the molecule is COc1ccc(-c2cc(N3CCC(C(=O)NCCc4c[nH]c5ccccc45)CC3)ncn2)cc1. The standard InChI is InChI=1S/C27H29N5O2/c1-34-22-8-6-19(7-9-22)25-16-26(31-18-30-25)32-14-11-20(12-15-32)27(33)28-13-10-21-17-29-24-5-3-2-4-23(21)24/h2-9,16-18,20,29H,10-15H2,1H3,(H,28,33). The zero-order chi connectivity index (χ0) is 23.3. The molecule has 1 aliphatic heterocycles. The second kappa shape index (κ2) is 9.95. The molecule has 174 valence electrons. The number of H-pyrrole nitrogens is 1. The predicted octanol–water partition coefficient (Wildman–Crippen LogP) is 4.21. The molecule has 4 aromatic rings. The van der Waals surface area contributed by atoms with Crippen LogP contribution in [0.1, 0.15) is 18.4 Å². The van der Waals surface area contributed by atoms with Crippen molar-refractivity contribution in [1.29, 1.82) is 0 Å². The Morgan fingerprint density at radius 2 is 1.91 bits per heavy atom. The van der Waals surface area contributed by atoms with Gasteiger partial charge in [0, 0.05) is 54.3 Å². The average molecular weight is 456 g/mol. The minimum absolute atomic E-state index is 0.0436. The molecule has 2 N–H and O–H groups in total. The third-order valence-corrected chi connectivity index (χ3v) is 6.60. The molecule has 5 rings (SSSR count). The number of para-hydroxylation sites is 1. The molecule has 7 nitrogen and oxygen atoms in total. The van der Waals surface area contributed by atoms with Crippen molar-refractivity contribution in [3.8, 4) is 17.0 Å². The fourth-order valence-corrected chi connectivity index (χ4v) is 4.61. The summed E-state index contributed by atoms with van der Waals surface area (Å²) in [6.45, 7) is 2.26. The monoisotopic (exact) mass is 455 g/mol. The Morgan fingerprint density at radius 1 is 1.12 bits per heavy atom. The number of carbonyl (C=O) groups is 1. The predicted molar refractivity (Wildman–Crippen MR) is 134 cm³/mol. The van der Waals surface area contributed by atoms with Gasteiger partial charge in [-0.25, -0.2) is 9.97 Å². The van der Waals surface area contributed by atoms with Gasteiger partial charge in [-0.05, 0) is 55.2 Å². The summed E-state index contributed by atoms with van der Waals surface area (Å²) in [6, 6.07) is 18.1. The van der Waals surface area contributed by atoms with Crippen LogP contribution in [0.15, 0.2) is 67.1 Å². The maximum Gasteiger partial charge on any atom is 0.223 e. The van der Waals surface area contributed by atoms with Gasteiger partial charge in [-0.3, -0.25) is 4.79 Å². The Labute approximate surface area is 199 Å². The van der Waals surface area contributed by atoms with E-state index < -0.39 is 0 Å². The van der Waals surface area contributed by atoms with Crippen LogP contribution in [0.2, 0.25) is 0 Å². The van der Waals surface area contributed by atoms with E-state index in [4.69, 9.17) is 4.74 Å². The van der Waals surface area contributed by atoms with Crippen LogP contribution in [0.3, 0.4) is 0 Å². The Bertz CT molecular complexity index is 1260. The van der Waals surface area contributed by atoms with E-state index in [-0.39, 0.29) is 11.8 Å². The largest absolute Gasteiger partial charge is 0.497 e. The summed E-state index contributed by atoms with van der Waals surface area (Å²) in [6.07, 6.45) is 6.11. The molecule has 0 spiro atoms. The molecular weight excluding hydrogens is 426 g/mol. The van der Waals surface area contributed by atoms with Crippen molar-refractivity contribution in [3.05, 3.63) is 72.7 Å². The number of methoxy groups -OCH3 is 1. The van der Waals surface area contributed by atoms with E-state index in [2.05, 4.69) is 37.3 Å². The van der Waals surface area contributed by atoms with Gasteiger partial charge >= 0.3 is 0 Å². The quantitative estimate of drug-likeness (QED) is 0.436. The van der Waals surface area contributed by atoms with Crippen LogP contribution in [0.4, 0.5) is 5.82 Å². The lowest BCUT2D eigenvalue weighted by Gasteiger charge is -2.32. The molecule has 1 fully saturated rings. The van der Waals surface area contributed by atoms with Crippen LogP contribution >= 0.6 is 0 Å². The summed E-state index contributed by atoms with van der Waals surface area (Å²) >= 11 is 0. The number of aromatic amines is 1. The molecule has 0 aliphatic carbocycles. The van der Waals surface area contributed by atoms with Crippen molar-refractivity contribution < 1.29 is 9.53 Å². The highest BCUT2D eigenvalue weighted by Gasteiger charge is 2.25. The molecule has 34 heavy (non-hydrogen) atoms. The fraction of sp³-hybridized carbons (Fsp3) is 0.296. The number of hydrogen-bond acceptors (Lipinski definition) is 5. The van der Waals surface area contributed by atoms with Crippen LogP contribution < -0.4 is 15.0 Å². The average Bonchev–Trinajstić information content (AvgIpc) is 3.32. The molecule has 0 unspecified atom stereocenters. The van der Waals surface area contributed by atoms with Crippen molar-refractivity contribution in [2.45, 2.75) is 19.3 Å². The summed E-state index contributed by atoms with van der Waals surface area (Å²) in [4.78, 5) is 27.2. The number of anilines is 1. The van der Waals surface area contributed by atoms with E-state index >= 15 is 0 Å². The fourth-order valence-electron chi connectivity index (χ4n) is 4.61. The second-order valence-corrected chi connectivity index (χ2v) is 8.65. The third-order valence-electron chi connectivity index (χ3n) is 6.60. The molecule has 3 heterocycles. The smallest absolute Gasteiger partial charge is 0.223 e. The molecule has 0 bridgehead atoms. The third kappa shape index (κ3) is 4.73. The van der Waals surface area contributed by atoms with Crippen LogP contribution in [-0.4, -0.2) is 47.6 Å². The van der Waals surface area contributed by atoms with E-state index in [1.54, 1.807) is 13.4 Å². The molecule has 0 saturated carbocycles. The normalized spacial score (nSPS) is 14.3. The van der Waals surface area contributed by atoms with E-state index in [9.17, 15) is 4.79 Å². The maximum atomic E-state index is 12.8. The maximum absolute atomic E-state index is 12.8. The number of fused-ring (bicyclic) bond motifs is 1. The van der Waals surface area contributed by atoms with Crippen LogP contribution in [0.25, 0.3) is 22.2 Å². The highest BCUT2D eigenvalue weighted by molar-refractivity contribution is 5.83. The lowest BCUT2D eigenvalue weighted by molar-refractivity contribution is -0.125. The number of carbonyl (C=O) groups excluding carboxylic acids is 1. The van der Waals surface area contributed by atoms with E-state index in [1.807, 2.05) is 48.7 Å². The number of nitrogens with one attached hydrogen (secondary N) is 2. The lowest BCUT2D eigenvalue weighted by Crippen LogP contribution is -2.41. The zero-order valence-electron chi connectivity index (χ0n) is 19.3. The van der Waals surface area contributed by atoms with E-state index in [0.717, 1.165) is 60.7 Å². The molecule has 1 aliphatic rings. The van der Waals surface area contributed by atoms with Gasteiger partial charge in [0.1, 0.15) is 17.9 Å². The van der Waals surface area contributed by atoms with Crippen molar-refractivity contribution in [1.82, 2.24) is 20.3 Å². The van der Waals surface area contributed by atoms with Crippen LogP contribution in [0, 0.1) is 5.92 Å². The number of aromatic nitrogens is 3. The topological polar surface area (TPSA) is 83.1 Å². The van der Waals surface area contributed by atoms with Gasteiger partial charge < -0.3 is 19.9 Å². The first kappa shape index (κ1) is 21.9. The summed E-state index contributed by atoms with van der Waals surface area (Å²) in [5, 5.41) is 4.37. The van der Waals surface area contributed by atoms with Gasteiger partial charge in [0.2, 0.25) is 5.91 Å². The highest BCUT2D eigenvalue weighted by Crippen LogP contribution is 2.26. The molecule has 0 atom stereocenters. The highest BCUT2D eigenvalue weighted by atomic mass is 16.5. The second-order valence-electron chi connectivity index (χ2n) is 8.65. The molecule has 0 radical (unpaired) electrons. The molecule has 1 saturated heterocycles. The van der Waals surface area contributed by atoms with Gasteiger partial charge in [0.05, 0.1) is 12.8 Å². The van der Waals surface area contributed by atoms with Gasteiger partial charge in [0.25, 0.3) is 0 Å². The minimum Gasteiger partial charge on any atom is -0.497 e. The van der Waals surface area contributed by atoms with Crippen molar-refractivity contribution in [2.24, 2.45) is 5.92 Å². The van der Waals surface area contributed by atoms with Gasteiger partial charge in [-0.1, -0.05) is 18.2 Å². The molecule has 2 aromatic heterocycles. The Morgan fingerprint density at radius 3 is 2.71 bits per heavy atom.